The number of thioether (sulfide) groups is 1. The van der Waals surface area contributed by atoms with Gasteiger partial charge in [0.2, 0.25) is 5.91 Å². The number of aryl methyl sites for hydroxylation is 3. The largest absolute Gasteiger partial charge is 0.355 e. The molecule has 5 nitrogen and oxygen atoms in total. The number of carbonyl (C=O) groups is 1. The van der Waals surface area contributed by atoms with Crippen molar-refractivity contribution in [3.63, 3.8) is 0 Å². The lowest BCUT2D eigenvalue weighted by molar-refractivity contribution is -0.121. The van der Waals surface area contributed by atoms with Gasteiger partial charge in [-0.05, 0) is 56.2 Å². The molecule has 0 aliphatic heterocycles. The molecule has 1 N–H and O–H groups in total. The summed E-state index contributed by atoms with van der Waals surface area (Å²) in [6, 6.07) is 10.3. The number of aromatic nitrogens is 2. The summed E-state index contributed by atoms with van der Waals surface area (Å²) in [7, 11) is 0. The van der Waals surface area contributed by atoms with Crippen LogP contribution >= 0.6 is 23.1 Å². The van der Waals surface area contributed by atoms with E-state index < -0.39 is 0 Å². The number of fused-ring (bicyclic) bond motifs is 3. The van der Waals surface area contributed by atoms with E-state index in [0.29, 0.717) is 19.5 Å². The Labute approximate surface area is 183 Å². The average molecular weight is 440 g/mol. The van der Waals surface area contributed by atoms with Crippen molar-refractivity contribution >= 4 is 39.2 Å². The van der Waals surface area contributed by atoms with Crippen LogP contribution in [-0.2, 0) is 24.2 Å². The first-order valence-electron chi connectivity index (χ1n) is 10.6. The Kier molecular flexibility index (Phi) is 5.41. The van der Waals surface area contributed by atoms with Crippen LogP contribution in [0.2, 0.25) is 0 Å². The summed E-state index contributed by atoms with van der Waals surface area (Å²) in [6.45, 7) is 1.05. The number of nitrogens with one attached hydrogen (secondary N) is 1. The van der Waals surface area contributed by atoms with Crippen molar-refractivity contribution < 1.29 is 4.79 Å². The minimum absolute atomic E-state index is 0.00509. The quantitative estimate of drug-likeness (QED) is 0.600. The first-order chi connectivity index (χ1) is 14.6. The van der Waals surface area contributed by atoms with E-state index in [0.717, 1.165) is 42.3 Å². The Bertz CT molecular complexity index is 1130. The molecule has 0 unspecified atom stereocenters. The molecular weight excluding hydrogens is 414 g/mol. The van der Waals surface area contributed by atoms with E-state index in [2.05, 4.69) is 22.4 Å². The number of rotatable bonds is 7. The highest BCUT2D eigenvalue weighted by Crippen LogP contribution is 2.51. The van der Waals surface area contributed by atoms with Gasteiger partial charge in [-0.15, -0.1) is 23.1 Å². The van der Waals surface area contributed by atoms with E-state index in [-0.39, 0.29) is 16.2 Å². The maximum Gasteiger partial charge on any atom is 0.262 e. The fraction of sp³-hybridized carbons (Fsp3) is 0.435. The van der Waals surface area contributed by atoms with Gasteiger partial charge in [0.15, 0.2) is 0 Å². The number of thiophene rings is 1. The van der Waals surface area contributed by atoms with E-state index in [1.807, 2.05) is 30.0 Å². The predicted octanol–water partition coefficient (Wildman–Crippen LogP) is 4.17. The van der Waals surface area contributed by atoms with Crippen LogP contribution in [-0.4, -0.2) is 26.8 Å². The number of amides is 1. The molecule has 30 heavy (non-hydrogen) atoms. The van der Waals surface area contributed by atoms with Crippen molar-refractivity contribution in [3.05, 3.63) is 57.5 Å². The van der Waals surface area contributed by atoms with E-state index in [4.69, 9.17) is 0 Å². The van der Waals surface area contributed by atoms with Crippen molar-refractivity contribution in [1.82, 2.24) is 14.9 Å². The van der Waals surface area contributed by atoms with Crippen LogP contribution in [0.5, 0.6) is 0 Å². The molecule has 0 saturated heterocycles. The summed E-state index contributed by atoms with van der Waals surface area (Å²) in [5, 5.41) is 3.87. The third-order valence-electron chi connectivity index (χ3n) is 6.01. The number of hydrogen-bond acceptors (Lipinski definition) is 5. The normalized spacial score (nSPS) is 16.9. The number of hydrogen-bond donors (Lipinski definition) is 1. The summed E-state index contributed by atoms with van der Waals surface area (Å²) in [5.74, 6) is -0.00530. The molecule has 1 amide bonds. The molecule has 0 spiro atoms. The third kappa shape index (κ3) is 4.05. The number of carbonyl (C=O) groups excluding carboxylic acids is 1. The third-order valence-corrected chi connectivity index (χ3v) is 8.71. The lowest BCUT2D eigenvalue weighted by atomic mass is 9.97. The molecule has 0 atom stereocenters. The summed E-state index contributed by atoms with van der Waals surface area (Å²) in [6.07, 6.45) is 8.50. The molecule has 2 aliphatic carbocycles. The molecule has 5 rings (SSSR count). The molecule has 2 aromatic heterocycles. The van der Waals surface area contributed by atoms with Gasteiger partial charge in [-0.1, -0.05) is 18.2 Å². The molecule has 2 heterocycles. The van der Waals surface area contributed by atoms with Gasteiger partial charge in [0, 0.05) is 34.0 Å². The van der Waals surface area contributed by atoms with Crippen LogP contribution in [0.3, 0.4) is 0 Å². The van der Waals surface area contributed by atoms with E-state index in [1.54, 1.807) is 22.2 Å². The van der Waals surface area contributed by atoms with Gasteiger partial charge in [0.05, 0.1) is 11.7 Å². The summed E-state index contributed by atoms with van der Waals surface area (Å²) < 4.78 is 1.74. The van der Waals surface area contributed by atoms with Crippen molar-refractivity contribution in [1.29, 1.82) is 0 Å². The molecule has 0 radical (unpaired) electrons. The predicted molar refractivity (Wildman–Crippen MR) is 122 cm³/mol. The molecule has 2 aliphatic rings. The van der Waals surface area contributed by atoms with Gasteiger partial charge >= 0.3 is 0 Å². The highest BCUT2D eigenvalue weighted by Gasteiger charge is 2.43. The molecule has 1 fully saturated rings. The maximum absolute atomic E-state index is 13.0. The van der Waals surface area contributed by atoms with Crippen molar-refractivity contribution in [3.8, 4) is 0 Å². The average Bonchev–Trinajstić information content (AvgIpc) is 3.42. The Morgan fingerprint density at radius 3 is 2.80 bits per heavy atom. The lowest BCUT2D eigenvalue weighted by Crippen LogP contribution is -2.33. The Morgan fingerprint density at radius 2 is 2.00 bits per heavy atom. The zero-order chi connectivity index (χ0) is 20.6. The fourth-order valence-electron chi connectivity index (χ4n) is 4.10. The summed E-state index contributed by atoms with van der Waals surface area (Å²) >= 11 is 3.51. The molecule has 1 aromatic carbocycles. The summed E-state index contributed by atoms with van der Waals surface area (Å²) in [5.41, 5.74) is 1.21. The maximum atomic E-state index is 13.0. The number of nitrogens with zero attached hydrogens (tertiary/aromatic N) is 2. The Hall–Kier alpha value is -2.12. The molecule has 1 saturated carbocycles. The van der Waals surface area contributed by atoms with Crippen LogP contribution in [0, 0.1) is 0 Å². The Balaban J connectivity index is 1.20. The first kappa shape index (κ1) is 19.8. The second-order valence-corrected chi connectivity index (χ2v) is 10.9. The van der Waals surface area contributed by atoms with Gasteiger partial charge in [-0.2, -0.15) is 0 Å². The lowest BCUT2D eigenvalue weighted by Gasteiger charge is -2.16. The van der Waals surface area contributed by atoms with E-state index >= 15 is 0 Å². The van der Waals surface area contributed by atoms with E-state index in [9.17, 15) is 9.59 Å². The SMILES string of the molecule is O=C(CCn1cnc2sc3c(c2c1=O)CCCC3)NCC1(Sc2ccccc2)CC1. The van der Waals surface area contributed by atoms with Crippen molar-refractivity contribution in [2.45, 2.75) is 61.1 Å². The molecule has 7 heteroatoms. The van der Waals surface area contributed by atoms with Gasteiger partial charge in [0.25, 0.3) is 5.56 Å². The van der Waals surface area contributed by atoms with Gasteiger partial charge in [-0.3, -0.25) is 14.2 Å². The molecular formula is C23H25N3O2S2. The zero-order valence-electron chi connectivity index (χ0n) is 16.9. The second-order valence-electron chi connectivity index (χ2n) is 8.26. The highest BCUT2D eigenvalue weighted by atomic mass is 32.2. The zero-order valence-corrected chi connectivity index (χ0v) is 18.5. The van der Waals surface area contributed by atoms with Crippen molar-refractivity contribution in [2.75, 3.05) is 6.54 Å². The van der Waals surface area contributed by atoms with Crippen molar-refractivity contribution in [2.24, 2.45) is 0 Å². The van der Waals surface area contributed by atoms with Crippen LogP contribution in [0.4, 0.5) is 0 Å². The van der Waals surface area contributed by atoms with Gasteiger partial charge < -0.3 is 5.32 Å². The Morgan fingerprint density at radius 1 is 1.20 bits per heavy atom. The topological polar surface area (TPSA) is 64.0 Å². The van der Waals surface area contributed by atoms with Gasteiger partial charge in [-0.25, -0.2) is 4.98 Å². The number of benzene rings is 1. The first-order valence-corrected chi connectivity index (χ1v) is 12.3. The van der Waals surface area contributed by atoms with Crippen LogP contribution < -0.4 is 10.9 Å². The highest BCUT2D eigenvalue weighted by molar-refractivity contribution is 8.01. The minimum atomic E-state index is -0.00530. The fourth-order valence-corrected chi connectivity index (χ4v) is 6.57. The van der Waals surface area contributed by atoms with Crippen LogP contribution in [0.1, 0.15) is 42.5 Å². The molecule has 0 bridgehead atoms. The second kappa shape index (κ2) is 8.19. The van der Waals surface area contributed by atoms with E-state index in [1.165, 1.54) is 21.8 Å². The van der Waals surface area contributed by atoms with Gasteiger partial charge in [0.1, 0.15) is 4.83 Å². The molecule has 156 valence electrons. The monoisotopic (exact) mass is 439 g/mol. The van der Waals surface area contributed by atoms with Crippen LogP contribution in [0.25, 0.3) is 10.2 Å². The van der Waals surface area contributed by atoms with Crippen LogP contribution in [0.15, 0.2) is 46.3 Å². The summed E-state index contributed by atoms with van der Waals surface area (Å²) in [4.78, 5) is 33.4. The smallest absolute Gasteiger partial charge is 0.262 e. The molecule has 3 aromatic rings. The standard InChI is InChI=1S/C23H25N3O2S2/c27-19(24-14-23(11-12-23)30-16-6-2-1-3-7-16)10-13-26-15-25-21-20(22(26)28)17-8-4-5-9-18(17)29-21/h1-3,6-7,15H,4-5,8-14H2,(H,24,27). The minimum Gasteiger partial charge on any atom is -0.355 e.